The largest absolute Gasteiger partial charge is 0.356 e. The molecule has 1 atom stereocenters. The van der Waals surface area contributed by atoms with E-state index in [2.05, 4.69) is 164 Å². The van der Waals surface area contributed by atoms with E-state index in [9.17, 15) is 0 Å². The van der Waals surface area contributed by atoms with Crippen LogP contribution < -0.4 is 5.32 Å². The topological polar surface area (TPSA) is 12.0 Å². The summed E-state index contributed by atoms with van der Waals surface area (Å²) in [6, 6.07) is 55.2. The first-order chi connectivity index (χ1) is 19.8. The Balaban J connectivity index is 1.37. The van der Waals surface area contributed by atoms with E-state index >= 15 is 0 Å². The van der Waals surface area contributed by atoms with Gasteiger partial charge in [0, 0.05) is 11.4 Å². The fraction of sp³-hybridized carbons (Fsp3) is 0.0769. The quantitative estimate of drug-likeness (QED) is 0.233. The number of rotatable bonds is 6. The van der Waals surface area contributed by atoms with Crippen LogP contribution in [0.15, 0.2) is 152 Å². The van der Waals surface area contributed by atoms with Crippen LogP contribution in [-0.4, -0.2) is 0 Å². The van der Waals surface area contributed by atoms with E-state index in [-0.39, 0.29) is 0 Å². The van der Waals surface area contributed by atoms with E-state index in [1.54, 1.807) is 0 Å². The number of aryl methyl sites for hydroxylation is 1. The highest BCUT2D eigenvalue weighted by Crippen LogP contribution is 2.56. The minimum absolute atomic E-state index is 0.395. The first-order valence-electron chi connectivity index (χ1n) is 14.1. The monoisotopic (exact) mass is 513 g/mol. The number of hydrogen-bond donors (Lipinski definition) is 1. The summed E-state index contributed by atoms with van der Waals surface area (Å²) in [5, 5.41) is 3.70. The van der Waals surface area contributed by atoms with Gasteiger partial charge in [0.2, 0.25) is 0 Å². The molecule has 1 aliphatic carbocycles. The number of anilines is 2. The van der Waals surface area contributed by atoms with Crippen molar-refractivity contribution < 1.29 is 0 Å². The van der Waals surface area contributed by atoms with E-state index in [1.165, 1.54) is 50.1 Å². The molecular formula is C39H31N. The zero-order chi connectivity index (χ0) is 26.9. The van der Waals surface area contributed by atoms with Gasteiger partial charge in [-0.3, -0.25) is 0 Å². The molecule has 192 valence electrons. The van der Waals surface area contributed by atoms with Gasteiger partial charge in [-0.2, -0.15) is 0 Å². The SMILES string of the molecule is CCc1ccc(C2(c3ccccc3)c3ccccc3-c3ccc(Nc4ccc(-c5ccccc5)cc4)cc32)cc1. The summed E-state index contributed by atoms with van der Waals surface area (Å²) in [6.45, 7) is 2.21. The van der Waals surface area contributed by atoms with Crippen molar-refractivity contribution in [1.29, 1.82) is 0 Å². The fourth-order valence-corrected chi connectivity index (χ4v) is 6.37. The lowest BCUT2D eigenvalue weighted by Crippen LogP contribution is -2.28. The maximum absolute atomic E-state index is 3.70. The van der Waals surface area contributed by atoms with Crippen LogP contribution in [0.2, 0.25) is 0 Å². The zero-order valence-electron chi connectivity index (χ0n) is 22.6. The lowest BCUT2D eigenvalue weighted by atomic mass is 9.67. The molecule has 0 bridgehead atoms. The van der Waals surface area contributed by atoms with Crippen LogP contribution in [0, 0.1) is 0 Å². The predicted octanol–water partition coefficient (Wildman–Crippen LogP) is 10.0. The Bertz CT molecular complexity index is 1770. The summed E-state index contributed by atoms with van der Waals surface area (Å²) in [5.41, 5.74) is 13.4. The Kier molecular flexibility index (Phi) is 6.06. The molecule has 1 unspecified atom stereocenters. The van der Waals surface area contributed by atoms with Crippen molar-refractivity contribution in [2.24, 2.45) is 0 Å². The molecule has 0 aliphatic heterocycles. The van der Waals surface area contributed by atoms with Crippen LogP contribution >= 0.6 is 0 Å². The van der Waals surface area contributed by atoms with Gasteiger partial charge in [0.25, 0.3) is 0 Å². The molecule has 1 N–H and O–H groups in total. The molecule has 1 heteroatoms. The average Bonchev–Trinajstić information content (AvgIpc) is 3.33. The Morgan fingerprint density at radius 2 is 1.05 bits per heavy atom. The number of hydrogen-bond acceptors (Lipinski definition) is 1. The van der Waals surface area contributed by atoms with E-state index < -0.39 is 5.41 Å². The highest BCUT2D eigenvalue weighted by molar-refractivity contribution is 5.88. The van der Waals surface area contributed by atoms with Crippen molar-refractivity contribution in [1.82, 2.24) is 0 Å². The minimum atomic E-state index is -0.395. The second-order valence-corrected chi connectivity index (χ2v) is 10.5. The molecule has 0 fully saturated rings. The summed E-state index contributed by atoms with van der Waals surface area (Å²) >= 11 is 0. The Hall–Kier alpha value is -4.88. The van der Waals surface area contributed by atoms with Crippen LogP contribution in [0.3, 0.4) is 0 Å². The molecule has 6 aromatic carbocycles. The summed E-state index contributed by atoms with van der Waals surface area (Å²) in [6.07, 6.45) is 1.03. The smallest absolute Gasteiger partial charge is 0.0714 e. The third-order valence-electron chi connectivity index (χ3n) is 8.33. The molecule has 0 aromatic heterocycles. The summed E-state index contributed by atoms with van der Waals surface area (Å²) in [7, 11) is 0. The Labute approximate surface area is 236 Å². The third-order valence-corrected chi connectivity index (χ3v) is 8.33. The van der Waals surface area contributed by atoms with Crippen LogP contribution in [0.25, 0.3) is 22.3 Å². The Morgan fingerprint density at radius 3 is 1.77 bits per heavy atom. The second-order valence-electron chi connectivity index (χ2n) is 10.5. The number of nitrogens with one attached hydrogen (secondary N) is 1. The first-order valence-corrected chi connectivity index (χ1v) is 14.1. The number of benzene rings is 6. The van der Waals surface area contributed by atoms with Crippen molar-refractivity contribution in [2.75, 3.05) is 5.32 Å². The molecule has 1 nitrogen and oxygen atoms in total. The average molecular weight is 514 g/mol. The standard InChI is InChI=1S/C39H31N/c1-2-28-17-21-32(22-18-28)39(31-13-7-4-8-14-31)37-16-10-9-15-35(37)36-26-25-34(27-38(36)39)40-33-23-19-30(20-24-33)29-11-5-3-6-12-29/h3-27,40H,2H2,1H3. The van der Waals surface area contributed by atoms with Crippen molar-refractivity contribution in [3.63, 3.8) is 0 Å². The van der Waals surface area contributed by atoms with E-state index in [4.69, 9.17) is 0 Å². The van der Waals surface area contributed by atoms with E-state index in [0.717, 1.165) is 17.8 Å². The Morgan fingerprint density at radius 1 is 0.475 bits per heavy atom. The molecule has 0 amide bonds. The van der Waals surface area contributed by atoms with Crippen molar-refractivity contribution in [3.05, 3.63) is 179 Å². The van der Waals surface area contributed by atoms with E-state index in [1.807, 2.05) is 0 Å². The van der Waals surface area contributed by atoms with Crippen LogP contribution in [0.4, 0.5) is 11.4 Å². The molecule has 7 rings (SSSR count). The van der Waals surface area contributed by atoms with Crippen LogP contribution in [0.5, 0.6) is 0 Å². The normalized spacial score (nSPS) is 15.3. The number of fused-ring (bicyclic) bond motifs is 3. The van der Waals surface area contributed by atoms with Gasteiger partial charge in [-0.15, -0.1) is 0 Å². The first kappa shape index (κ1) is 24.2. The summed E-state index contributed by atoms with van der Waals surface area (Å²) in [4.78, 5) is 0. The molecule has 0 saturated heterocycles. The molecule has 6 aromatic rings. The molecule has 0 spiro atoms. The van der Waals surface area contributed by atoms with Gasteiger partial charge in [0.1, 0.15) is 0 Å². The van der Waals surface area contributed by atoms with Crippen LogP contribution in [0.1, 0.15) is 34.7 Å². The predicted molar refractivity (Wildman–Crippen MR) is 168 cm³/mol. The third kappa shape index (κ3) is 3.94. The maximum atomic E-state index is 3.70. The zero-order valence-corrected chi connectivity index (χ0v) is 22.6. The lowest BCUT2D eigenvalue weighted by molar-refractivity contribution is 0.768. The van der Waals surface area contributed by atoms with Gasteiger partial charge in [0.05, 0.1) is 5.41 Å². The highest BCUT2D eigenvalue weighted by atomic mass is 14.9. The van der Waals surface area contributed by atoms with Gasteiger partial charge in [-0.05, 0) is 80.8 Å². The van der Waals surface area contributed by atoms with Gasteiger partial charge in [-0.1, -0.05) is 134 Å². The van der Waals surface area contributed by atoms with Crippen molar-refractivity contribution in [3.8, 4) is 22.3 Å². The fourth-order valence-electron chi connectivity index (χ4n) is 6.37. The highest BCUT2D eigenvalue weighted by Gasteiger charge is 2.46. The summed E-state index contributed by atoms with van der Waals surface area (Å²) in [5.74, 6) is 0. The van der Waals surface area contributed by atoms with Crippen LogP contribution in [-0.2, 0) is 11.8 Å². The van der Waals surface area contributed by atoms with Gasteiger partial charge in [-0.25, -0.2) is 0 Å². The molecule has 0 heterocycles. The van der Waals surface area contributed by atoms with Crippen molar-refractivity contribution in [2.45, 2.75) is 18.8 Å². The van der Waals surface area contributed by atoms with Gasteiger partial charge in [0.15, 0.2) is 0 Å². The molecule has 40 heavy (non-hydrogen) atoms. The molecular weight excluding hydrogens is 482 g/mol. The molecule has 0 saturated carbocycles. The van der Waals surface area contributed by atoms with Gasteiger partial charge >= 0.3 is 0 Å². The maximum Gasteiger partial charge on any atom is 0.0714 e. The van der Waals surface area contributed by atoms with Crippen molar-refractivity contribution >= 4 is 11.4 Å². The van der Waals surface area contributed by atoms with E-state index in [0.29, 0.717) is 0 Å². The summed E-state index contributed by atoms with van der Waals surface area (Å²) < 4.78 is 0. The second kappa shape index (κ2) is 10.0. The molecule has 1 aliphatic rings. The lowest BCUT2D eigenvalue weighted by Gasteiger charge is -2.34. The minimum Gasteiger partial charge on any atom is -0.356 e. The molecule has 0 radical (unpaired) electrons. The van der Waals surface area contributed by atoms with Gasteiger partial charge < -0.3 is 5.32 Å².